The minimum atomic E-state index is -0.762. The molecule has 1 heterocycles. The average Bonchev–Trinajstić information content (AvgIpc) is 3.15. The molecular weight excluding hydrogens is 376 g/mol. The van der Waals surface area contributed by atoms with E-state index in [0.29, 0.717) is 4.88 Å². The van der Waals surface area contributed by atoms with Crippen molar-refractivity contribution in [2.24, 2.45) is 5.92 Å². The summed E-state index contributed by atoms with van der Waals surface area (Å²) in [6.07, 6.45) is 0. The fourth-order valence-corrected chi connectivity index (χ4v) is 3.02. The number of esters is 1. The van der Waals surface area contributed by atoms with Crippen molar-refractivity contribution in [2.75, 3.05) is 12.4 Å². The molecule has 1 aromatic heterocycles. The first-order valence-electron chi connectivity index (χ1n) is 7.86. The summed E-state index contributed by atoms with van der Waals surface area (Å²) in [5.74, 6) is -1.43. The van der Waals surface area contributed by atoms with Crippen LogP contribution in [0.3, 0.4) is 0 Å². The molecule has 0 bridgehead atoms. The van der Waals surface area contributed by atoms with Crippen molar-refractivity contribution in [3.8, 4) is 0 Å². The van der Waals surface area contributed by atoms with E-state index in [0.717, 1.165) is 0 Å². The van der Waals surface area contributed by atoms with Crippen molar-refractivity contribution in [1.82, 2.24) is 5.32 Å². The first-order chi connectivity index (χ1) is 12.3. The predicted molar refractivity (Wildman–Crippen MR) is 102 cm³/mol. The van der Waals surface area contributed by atoms with Crippen LogP contribution in [-0.4, -0.2) is 30.9 Å². The fourth-order valence-electron chi connectivity index (χ4n) is 2.23. The monoisotopic (exact) mass is 394 g/mol. The second kappa shape index (κ2) is 8.82. The number of thiophene rings is 1. The van der Waals surface area contributed by atoms with Gasteiger partial charge in [0.05, 0.1) is 28.3 Å². The molecule has 1 atom stereocenters. The Morgan fingerprint density at radius 1 is 1.19 bits per heavy atom. The predicted octanol–water partition coefficient (Wildman–Crippen LogP) is 3.58. The molecule has 1 unspecified atom stereocenters. The lowest BCUT2D eigenvalue weighted by atomic mass is 10.0. The lowest BCUT2D eigenvalue weighted by Crippen LogP contribution is -2.47. The Labute approximate surface area is 160 Å². The Hall–Kier alpha value is -2.38. The first-order valence-corrected chi connectivity index (χ1v) is 9.12. The summed E-state index contributed by atoms with van der Waals surface area (Å²) in [6, 6.07) is 7.13. The number of halogens is 1. The largest absolute Gasteiger partial charge is 0.465 e. The molecule has 138 valence electrons. The van der Waals surface area contributed by atoms with Crippen LogP contribution in [0.5, 0.6) is 0 Å². The topological polar surface area (TPSA) is 84.5 Å². The summed E-state index contributed by atoms with van der Waals surface area (Å²) >= 11 is 7.40. The molecule has 0 saturated heterocycles. The second-order valence-corrected chi connectivity index (χ2v) is 7.20. The van der Waals surface area contributed by atoms with Crippen molar-refractivity contribution in [3.05, 3.63) is 51.2 Å². The number of carbonyl (C=O) groups excluding carboxylic acids is 3. The molecule has 2 amide bonds. The maximum Gasteiger partial charge on any atom is 0.337 e. The number of methoxy groups -OCH3 is 1. The van der Waals surface area contributed by atoms with Crippen LogP contribution in [0.25, 0.3) is 0 Å². The van der Waals surface area contributed by atoms with Crippen LogP contribution in [-0.2, 0) is 9.53 Å². The van der Waals surface area contributed by atoms with Crippen LogP contribution in [0.15, 0.2) is 35.7 Å². The second-order valence-electron chi connectivity index (χ2n) is 5.85. The van der Waals surface area contributed by atoms with E-state index >= 15 is 0 Å². The zero-order valence-corrected chi connectivity index (χ0v) is 16.1. The van der Waals surface area contributed by atoms with Crippen molar-refractivity contribution in [1.29, 1.82) is 0 Å². The van der Waals surface area contributed by atoms with Crippen molar-refractivity contribution in [2.45, 2.75) is 19.9 Å². The van der Waals surface area contributed by atoms with E-state index in [-0.39, 0.29) is 28.1 Å². The lowest BCUT2D eigenvalue weighted by Gasteiger charge is -2.22. The quantitative estimate of drug-likeness (QED) is 0.733. The zero-order chi connectivity index (χ0) is 19.3. The van der Waals surface area contributed by atoms with Gasteiger partial charge in [-0.1, -0.05) is 31.5 Å². The normalized spacial score (nSPS) is 11.7. The van der Waals surface area contributed by atoms with Gasteiger partial charge in [0.2, 0.25) is 5.91 Å². The molecule has 2 rings (SSSR count). The number of nitrogens with one attached hydrogen (secondary N) is 2. The molecule has 0 aliphatic rings. The smallest absolute Gasteiger partial charge is 0.337 e. The Balaban J connectivity index is 2.17. The maximum atomic E-state index is 12.7. The number of hydrogen-bond donors (Lipinski definition) is 2. The zero-order valence-electron chi connectivity index (χ0n) is 14.5. The van der Waals surface area contributed by atoms with Gasteiger partial charge in [-0.3, -0.25) is 9.59 Å². The summed E-state index contributed by atoms with van der Waals surface area (Å²) < 4.78 is 4.67. The van der Waals surface area contributed by atoms with E-state index in [4.69, 9.17) is 11.6 Å². The van der Waals surface area contributed by atoms with Gasteiger partial charge in [-0.25, -0.2) is 4.79 Å². The summed E-state index contributed by atoms with van der Waals surface area (Å²) in [5, 5.41) is 7.47. The molecule has 0 aliphatic heterocycles. The highest BCUT2D eigenvalue weighted by Crippen LogP contribution is 2.24. The number of amides is 2. The number of rotatable bonds is 6. The van der Waals surface area contributed by atoms with Crippen LogP contribution >= 0.6 is 22.9 Å². The van der Waals surface area contributed by atoms with Gasteiger partial charge in [-0.15, -0.1) is 11.3 Å². The van der Waals surface area contributed by atoms with E-state index in [9.17, 15) is 14.4 Å². The summed E-state index contributed by atoms with van der Waals surface area (Å²) in [6.45, 7) is 3.65. The average molecular weight is 395 g/mol. The van der Waals surface area contributed by atoms with Gasteiger partial charge in [0.25, 0.3) is 5.91 Å². The molecule has 6 nitrogen and oxygen atoms in total. The van der Waals surface area contributed by atoms with E-state index in [1.165, 1.54) is 36.6 Å². The van der Waals surface area contributed by atoms with Gasteiger partial charge in [0, 0.05) is 0 Å². The fraction of sp³-hybridized carbons (Fsp3) is 0.278. The summed E-state index contributed by atoms with van der Waals surface area (Å²) in [5.41, 5.74) is 0.534. The molecule has 0 radical (unpaired) electrons. The van der Waals surface area contributed by atoms with Crippen molar-refractivity contribution in [3.63, 3.8) is 0 Å². The van der Waals surface area contributed by atoms with Gasteiger partial charge in [-0.2, -0.15) is 0 Å². The Morgan fingerprint density at radius 2 is 1.92 bits per heavy atom. The van der Waals surface area contributed by atoms with Crippen LogP contribution < -0.4 is 10.6 Å². The Bertz CT molecular complexity index is 806. The molecule has 1 aromatic carbocycles. The molecule has 2 aromatic rings. The maximum absolute atomic E-state index is 12.7. The van der Waals surface area contributed by atoms with Gasteiger partial charge in [0.1, 0.15) is 6.04 Å². The Morgan fingerprint density at radius 3 is 2.50 bits per heavy atom. The number of benzene rings is 1. The highest BCUT2D eigenvalue weighted by molar-refractivity contribution is 7.12. The SMILES string of the molecule is COC(=O)c1ccc(Cl)c(NC(=O)C(NC(=O)c2cccs2)C(C)C)c1. The Kier molecular flexibility index (Phi) is 6.76. The van der Waals surface area contributed by atoms with Crippen LogP contribution in [0.1, 0.15) is 33.9 Å². The molecule has 26 heavy (non-hydrogen) atoms. The van der Waals surface area contributed by atoms with Gasteiger partial charge >= 0.3 is 5.97 Å². The highest BCUT2D eigenvalue weighted by Gasteiger charge is 2.26. The van der Waals surface area contributed by atoms with Crippen LogP contribution in [0.4, 0.5) is 5.69 Å². The number of ether oxygens (including phenoxy) is 1. The minimum absolute atomic E-state index is 0.151. The van der Waals surface area contributed by atoms with E-state index < -0.39 is 17.9 Å². The summed E-state index contributed by atoms with van der Waals surface area (Å²) in [4.78, 5) is 37.1. The van der Waals surface area contributed by atoms with Crippen molar-refractivity contribution >= 4 is 46.4 Å². The molecule has 0 saturated carbocycles. The number of anilines is 1. The van der Waals surface area contributed by atoms with E-state index in [1.807, 2.05) is 13.8 Å². The van der Waals surface area contributed by atoms with Gasteiger partial charge in [-0.05, 0) is 35.6 Å². The van der Waals surface area contributed by atoms with Crippen molar-refractivity contribution < 1.29 is 19.1 Å². The third-order valence-corrected chi connectivity index (χ3v) is 4.82. The van der Waals surface area contributed by atoms with Gasteiger partial charge in [0.15, 0.2) is 0 Å². The molecule has 0 aliphatic carbocycles. The van der Waals surface area contributed by atoms with E-state index in [2.05, 4.69) is 15.4 Å². The summed E-state index contributed by atoms with van der Waals surface area (Å²) in [7, 11) is 1.27. The van der Waals surface area contributed by atoms with Crippen LogP contribution in [0.2, 0.25) is 5.02 Å². The number of carbonyl (C=O) groups is 3. The molecule has 0 fully saturated rings. The highest BCUT2D eigenvalue weighted by atomic mass is 35.5. The first kappa shape index (κ1) is 19.9. The van der Waals surface area contributed by atoms with E-state index in [1.54, 1.807) is 17.5 Å². The standard InChI is InChI=1S/C18H19ClN2O4S/c1-10(2)15(21-16(22)14-5-4-8-26-14)17(23)20-13-9-11(18(24)25-3)6-7-12(13)19/h4-10,15H,1-3H3,(H,20,23)(H,21,22). The lowest BCUT2D eigenvalue weighted by molar-refractivity contribution is -0.118. The van der Waals surface area contributed by atoms with Gasteiger partial charge < -0.3 is 15.4 Å². The number of hydrogen-bond acceptors (Lipinski definition) is 5. The third kappa shape index (κ3) is 4.83. The molecule has 2 N–H and O–H groups in total. The third-order valence-electron chi connectivity index (χ3n) is 3.63. The minimum Gasteiger partial charge on any atom is -0.465 e. The molecule has 8 heteroatoms. The molecular formula is C18H19ClN2O4S. The molecule has 0 spiro atoms. The van der Waals surface area contributed by atoms with Crippen LogP contribution in [0, 0.1) is 5.92 Å².